The van der Waals surface area contributed by atoms with Gasteiger partial charge in [0.1, 0.15) is 5.60 Å². The quantitative estimate of drug-likeness (QED) is 0.531. The Bertz CT molecular complexity index is 1290. The van der Waals surface area contributed by atoms with Gasteiger partial charge in [-0.2, -0.15) is 5.26 Å². The highest BCUT2D eigenvalue weighted by atomic mass is 35.5. The van der Waals surface area contributed by atoms with Gasteiger partial charge in [-0.25, -0.2) is 4.79 Å². The number of hydrogen-bond acceptors (Lipinski definition) is 6. The number of anilines is 2. The van der Waals surface area contributed by atoms with Crippen LogP contribution in [0.1, 0.15) is 58.1 Å². The monoisotopic (exact) mass is 537 g/mol. The van der Waals surface area contributed by atoms with Crippen molar-refractivity contribution in [3.05, 3.63) is 58.6 Å². The molecular weight excluding hydrogens is 506 g/mol. The SMILES string of the molecule is CC(C)(C)OC(=O)N=C1N[C@](C)(c2cccc(Nc3cccc(C#N)c3)c2Cl)CC(=O)N1C1CCOCC1. The molecule has 2 amide bonds. The lowest BCUT2D eigenvalue weighted by Crippen LogP contribution is -2.63. The van der Waals surface area contributed by atoms with Crippen LogP contribution in [-0.2, 0) is 19.8 Å². The van der Waals surface area contributed by atoms with E-state index < -0.39 is 17.2 Å². The van der Waals surface area contributed by atoms with E-state index in [0.717, 1.165) is 0 Å². The topological polar surface area (TPSA) is 116 Å². The Balaban J connectivity index is 1.69. The molecule has 0 radical (unpaired) electrons. The molecule has 0 bridgehead atoms. The molecule has 4 rings (SSSR count). The van der Waals surface area contributed by atoms with E-state index in [2.05, 4.69) is 21.7 Å². The maximum absolute atomic E-state index is 13.6. The molecule has 2 aromatic carbocycles. The fraction of sp³-hybridized carbons (Fsp3) is 0.429. The van der Waals surface area contributed by atoms with E-state index in [4.69, 9.17) is 21.1 Å². The third-order valence-corrected chi connectivity index (χ3v) is 6.81. The summed E-state index contributed by atoms with van der Waals surface area (Å²) < 4.78 is 10.9. The fourth-order valence-corrected chi connectivity index (χ4v) is 5.05. The van der Waals surface area contributed by atoms with Gasteiger partial charge in [0.25, 0.3) is 0 Å². The molecule has 0 aromatic heterocycles. The molecule has 10 heteroatoms. The van der Waals surface area contributed by atoms with Gasteiger partial charge in [-0.3, -0.25) is 9.69 Å². The summed E-state index contributed by atoms with van der Waals surface area (Å²) in [5.41, 5.74) is 0.815. The summed E-state index contributed by atoms with van der Waals surface area (Å²) >= 11 is 6.89. The summed E-state index contributed by atoms with van der Waals surface area (Å²) in [6, 6.07) is 14.5. The highest BCUT2D eigenvalue weighted by molar-refractivity contribution is 6.34. The van der Waals surface area contributed by atoms with E-state index in [9.17, 15) is 14.9 Å². The van der Waals surface area contributed by atoms with Gasteiger partial charge >= 0.3 is 6.09 Å². The minimum atomic E-state index is -0.955. The zero-order valence-corrected chi connectivity index (χ0v) is 22.8. The number of rotatable bonds is 4. The number of carbonyl (C=O) groups excluding carboxylic acids is 2. The zero-order chi connectivity index (χ0) is 27.5. The van der Waals surface area contributed by atoms with E-state index in [1.807, 2.05) is 31.2 Å². The third-order valence-electron chi connectivity index (χ3n) is 6.40. The van der Waals surface area contributed by atoms with Crippen LogP contribution in [0, 0.1) is 11.3 Å². The number of aliphatic imine (C=N–C) groups is 1. The maximum Gasteiger partial charge on any atom is 0.437 e. The van der Waals surface area contributed by atoms with Gasteiger partial charge in [-0.05, 0) is 70.4 Å². The van der Waals surface area contributed by atoms with E-state index in [0.29, 0.717) is 53.6 Å². The summed E-state index contributed by atoms with van der Waals surface area (Å²) in [6.45, 7) is 8.19. The van der Waals surface area contributed by atoms with Gasteiger partial charge in [0.2, 0.25) is 11.9 Å². The molecule has 2 aromatic rings. The Morgan fingerprint density at radius 2 is 1.97 bits per heavy atom. The third kappa shape index (κ3) is 6.26. The van der Waals surface area contributed by atoms with Crippen molar-refractivity contribution in [3.8, 4) is 6.07 Å². The number of ether oxygens (including phenoxy) is 2. The van der Waals surface area contributed by atoms with E-state index in [-0.39, 0.29) is 24.3 Å². The first-order chi connectivity index (χ1) is 18.0. The number of nitriles is 1. The van der Waals surface area contributed by atoms with Gasteiger partial charge < -0.3 is 20.1 Å². The van der Waals surface area contributed by atoms with Crippen LogP contribution < -0.4 is 10.6 Å². The van der Waals surface area contributed by atoms with Crippen LogP contribution in [0.2, 0.25) is 5.02 Å². The number of benzene rings is 2. The molecule has 1 atom stereocenters. The number of nitrogens with one attached hydrogen (secondary N) is 2. The lowest BCUT2D eigenvalue weighted by atomic mass is 9.85. The molecule has 2 aliphatic rings. The molecule has 9 nitrogen and oxygen atoms in total. The van der Waals surface area contributed by atoms with Crippen LogP contribution in [0.15, 0.2) is 47.5 Å². The highest BCUT2D eigenvalue weighted by Gasteiger charge is 2.44. The number of guanidine groups is 1. The van der Waals surface area contributed by atoms with Gasteiger partial charge in [-0.1, -0.05) is 29.8 Å². The molecule has 200 valence electrons. The fourth-order valence-electron chi connectivity index (χ4n) is 4.67. The van der Waals surface area contributed by atoms with Gasteiger partial charge in [0.05, 0.1) is 34.3 Å². The summed E-state index contributed by atoms with van der Waals surface area (Å²) in [4.78, 5) is 32.1. The predicted molar refractivity (Wildman–Crippen MR) is 145 cm³/mol. The van der Waals surface area contributed by atoms with Gasteiger partial charge in [0.15, 0.2) is 0 Å². The molecule has 2 heterocycles. The molecule has 0 saturated carbocycles. The second-order valence-corrected chi connectivity index (χ2v) is 11.0. The lowest BCUT2D eigenvalue weighted by Gasteiger charge is -2.45. The van der Waals surface area contributed by atoms with E-state index >= 15 is 0 Å². The minimum Gasteiger partial charge on any atom is -0.442 e. The van der Waals surface area contributed by atoms with Crippen molar-refractivity contribution in [2.24, 2.45) is 4.99 Å². The molecule has 0 unspecified atom stereocenters. The largest absolute Gasteiger partial charge is 0.442 e. The van der Waals surface area contributed by atoms with Crippen molar-refractivity contribution in [2.45, 2.75) is 64.1 Å². The van der Waals surface area contributed by atoms with Crippen molar-refractivity contribution in [1.29, 1.82) is 5.26 Å². The molecule has 2 fully saturated rings. The molecule has 0 spiro atoms. The number of carbonyl (C=O) groups is 2. The van der Waals surface area contributed by atoms with Crippen LogP contribution in [0.3, 0.4) is 0 Å². The van der Waals surface area contributed by atoms with Crippen LogP contribution in [0.4, 0.5) is 16.2 Å². The molecule has 2 aliphatic heterocycles. The average Bonchev–Trinajstić information content (AvgIpc) is 2.84. The van der Waals surface area contributed by atoms with Crippen LogP contribution in [0.5, 0.6) is 0 Å². The van der Waals surface area contributed by atoms with E-state index in [1.165, 1.54) is 0 Å². The Labute approximate surface area is 227 Å². The number of hydrogen-bond donors (Lipinski definition) is 2. The molecule has 2 N–H and O–H groups in total. The summed E-state index contributed by atoms with van der Waals surface area (Å²) in [5.74, 6) is -0.0299. The first-order valence-electron chi connectivity index (χ1n) is 12.5. The second-order valence-electron chi connectivity index (χ2n) is 10.6. The lowest BCUT2D eigenvalue weighted by molar-refractivity contribution is -0.133. The summed E-state index contributed by atoms with van der Waals surface area (Å²) in [7, 11) is 0. The van der Waals surface area contributed by atoms with Crippen molar-refractivity contribution >= 4 is 40.9 Å². The predicted octanol–water partition coefficient (Wildman–Crippen LogP) is 5.46. The smallest absolute Gasteiger partial charge is 0.437 e. The zero-order valence-electron chi connectivity index (χ0n) is 22.0. The summed E-state index contributed by atoms with van der Waals surface area (Å²) in [5, 5.41) is 16.2. The van der Waals surface area contributed by atoms with Crippen molar-refractivity contribution in [3.63, 3.8) is 0 Å². The standard InChI is InChI=1S/C28H32ClN5O4/c1-27(2,3)38-26(36)32-25-33-28(4,16-23(35)34(25)20-11-13-37-14-12-20)21-9-6-10-22(24(21)29)31-19-8-5-7-18(15-19)17-30/h5-10,15,20,31H,11-14,16H2,1-4H3,(H,32,33,36)/t28-/m0/s1. The van der Waals surface area contributed by atoms with Gasteiger partial charge in [-0.15, -0.1) is 4.99 Å². The number of amides is 2. The van der Waals surface area contributed by atoms with Crippen LogP contribution in [-0.4, -0.2) is 47.7 Å². The Kier molecular flexibility index (Phi) is 7.95. The first-order valence-corrected chi connectivity index (χ1v) is 12.9. The van der Waals surface area contributed by atoms with Crippen molar-refractivity contribution < 1.29 is 19.1 Å². The second kappa shape index (κ2) is 11.0. The maximum atomic E-state index is 13.6. The van der Waals surface area contributed by atoms with Crippen LogP contribution >= 0.6 is 11.6 Å². The Morgan fingerprint density at radius 3 is 2.66 bits per heavy atom. The molecular formula is C28H32ClN5O4. The van der Waals surface area contributed by atoms with Crippen molar-refractivity contribution in [2.75, 3.05) is 18.5 Å². The van der Waals surface area contributed by atoms with E-state index in [1.54, 1.807) is 43.9 Å². The molecule has 0 aliphatic carbocycles. The highest BCUT2D eigenvalue weighted by Crippen LogP contribution is 2.39. The first kappa shape index (κ1) is 27.4. The Hall–Kier alpha value is -3.61. The Morgan fingerprint density at radius 1 is 1.26 bits per heavy atom. The van der Waals surface area contributed by atoms with Gasteiger partial charge in [0, 0.05) is 24.9 Å². The number of halogens is 1. The minimum absolute atomic E-state index is 0.102. The van der Waals surface area contributed by atoms with Crippen LogP contribution in [0.25, 0.3) is 0 Å². The summed E-state index contributed by atoms with van der Waals surface area (Å²) in [6.07, 6.45) is 0.594. The molecule has 2 saturated heterocycles. The normalized spacial score (nSPS) is 21.5. The average molecular weight is 538 g/mol. The number of nitrogens with zero attached hydrogens (tertiary/aromatic N) is 3. The van der Waals surface area contributed by atoms with Crippen molar-refractivity contribution in [1.82, 2.24) is 10.2 Å². The molecule has 38 heavy (non-hydrogen) atoms.